The van der Waals surface area contributed by atoms with Crippen LogP contribution in [-0.4, -0.2) is 5.91 Å². The Morgan fingerprint density at radius 1 is 0.931 bits per heavy atom. The van der Waals surface area contributed by atoms with Crippen LogP contribution in [-0.2, 0) is 0 Å². The number of hydrogen-bond acceptors (Lipinski definition) is 3. The summed E-state index contributed by atoms with van der Waals surface area (Å²) in [4.78, 5) is 25.0. The van der Waals surface area contributed by atoms with E-state index in [1.165, 1.54) is 6.07 Å². The maximum absolute atomic E-state index is 12.6. The zero-order valence-corrected chi connectivity index (χ0v) is 16.3. The van der Waals surface area contributed by atoms with Gasteiger partial charge in [0, 0.05) is 17.2 Å². The van der Waals surface area contributed by atoms with Crippen LogP contribution in [0.4, 0.5) is 0 Å². The van der Waals surface area contributed by atoms with E-state index in [9.17, 15) is 9.59 Å². The number of carbonyl (C=O) groups excluding carboxylic acids is 1. The zero-order chi connectivity index (χ0) is 20.4. The van der Waals surface area contributed by atoms with Crippen molar-refractivity contribution in [2.75, 3.05) is 0 Å². The van der Waals surface area contributed by atoms with Gasteiger partial charge in [0.25, 0.3) is 5.91 Å². The predicted octanol–water partition coefficient (Wildman–Crippen LogP) is 5.26. The predicted molar refractivity (Wildman–Crippen MR) is 115 cm³/mol. The van der Waals surface area contributed by atoms with Gasteiger partial charge in [-0.05, 0) is 43.7 Å². The Labute approximate surface area is 168 Å². The van der Waals surface area contributed by atoms with E-state index in [0.717, 1.165) is 16.7 Å². The Morgan fingerprint density at radius 2 is 1.66 bits per heavy atom. The van der Waals surface area contributed by atoms with Gasteiger partial charge in [-0.25, -0.2) is 0 Å². The van der Waals surface area contributed by atoms with Crippen LogP contribution in [0.25, 0.3) is 22.3 Å². The van der Waals surface area contributed by atoms with Gasteiger partial charge in [-0.3, -0.25) is 9.59 Å². The molecule has 0 bridgehead atoms. The highest BCUT2D eigenvalue weighted by Gasteiger charge is 2.12. The summed E-state index contributed by atoms with van der Waals surface area (Å²) in [6.07, 6.45) is 0. The highest BCUT2D eigenvalue weighted by molar-refractivity contribution is 5.95. The van der Waals surface area contributed by atoms with Crippen LogP contribution in [0.1, 0.15) is 34.5 Å². The van der Waals surface area contributed by atoms with Crippen molar-refractivity contribution in [1.29, 1.82) is 0 Å². The van der Waals surface area contributed by atoms with Crippen LogP contribution in [0.3, 0.4) is 0 Å². The molecule has 4 heteroatoms. The van der Waals surface area contributed by atoms with Crippen molar-refractivity contribution in [2.24, 2.45) is 0 Å². The van der Waals surface area contributed by atoms with Gasteiger partial charge in [-0.1, -0.05) is 54.1 Å². The Bertz CT molecular complexity index is 1220. The number of carbonyl (C=O) groups is 1. The first-order chi connectivity index (χ1) is 14.0. The second kappa shape index (κ2) is 7.76. The molecule has 1 heterocycles. The second-order valence-electron chi connectivity index (χ2n) is 7.16. The van der Waals surface area contributed by atoms with E-state index >= 15 is 0 Å². The van der Waals surface area contributed by atoms with Crippen LogP contribution in [0.2, 0.25) is 0 Å². The molecule has 144 valence electrons. The van der Waals surface area contributed by atoms with Gasteiger partial charge in [-0.2, -0.15) is 0 Å². The molecule has 1 aromatic heterocycles. The molecule has 0 fully saturated rings. The molecule has 1 N–H and O–H groups in total. The van der Waals surface area contributed by atoms with Crippen molar-refractivity contribution in [1.82, 2.24) is 5.32 Å². The molecule has 0 radical (unpaired) electrons. The quantitative estimate of drug-likeness (QED) is 0.523. The summed E-state index contributed by atoms with van der Waals surface area (Å²) in [6, 6.07) is 23.8. The summed E-state index contributed by atoms with van der Waals surface area (Å²) in [6.45, 7) is 3.89. The van der Waals surface area contributed by atoms with Crippen molar-refractivity contribution in [3.63, 3.8) is 0 Å². The average molecular weight is 383 g/mol. The number of amides is 1. The Balaban J connectivity index is 1.56. The average Bonchev–Trinajstić information content (AvgIpc) is 2.75. The monoisotopic (exact) mass is 383 g/mol. The summed E-state index contributed by atoms with van der Waals surface area (Å²) in [5, 5.41) is 3.57. The first-order valence-corrected chi connectivity index (χ1v) is 9.52. The lowest BCUT2D eigenvalue weighted by Crippen LogP contribution is -2.26. The van der Waals surface area contributed by atoms with E-state index in [-0.39, 0.29) is 17.4 Å². The Morgan fingerprint density at radius 3 is 2.38 bits per heavy atom. The molecular formula is C25H21NO3. The van der Waals surface area contributed by atoms with E-state index < -0.39 is 0 Å². The van der Waals surface area contributed by atoms with E-state index in [0.29, 0.717) is 22.3 Å². The van der Waals surface area contributed by atoms with Crippen LogP contribution >= 0.6 is 0 Å². The number of benzene rings is 3. The van der Waals surface area contributed by atoms with E-state index in [1.807, 2.05) is 62.4 Å². The molecule has 0 saturated carbocycles. The fourth-order valence-electron chi connectivity index (χ4n) is 3.30. The molecule has 29 heavy (non-hydrogen) atoms. The minimum Gasteiger partial charge on any atom is -0.456 e. The summed E-state index contributed by atoms with van der Waals surface area (Å²) in [5.41, 5.74) is 3.83. The fraction of sp³-hybridized carbons (Fsp3) is 0.120. The Kier molecular flexibility index (Phi) is 5.00. The number of aryl methyl sites for hydroxylation is 1. The molecule has 0 saturated heterocycles. The maximum Gasteiger partial charge on any atom is 0.251 e. The van der Waals surface area contributed by atoms with Crippen molar-refractivity contribution >= 4 is 16.9 Å². The van der Waals surface area contributed by atoms with Gasteiger partial charge in [0.1, 0.15) is 11.3 Å². The third-order valence-electron chi connectivity index (χ3n) is 4.96. The number of nitrogens with one attached hydrogen (secondary N) is 1. The van der Waals surface area contributed by atoms with Crippen molar-refractivity contribution in [3.05, 3.63) is 106 Å². The highest BCUT2D eigenvalue weighted by atomic mass is 16.3. The highest BCUT2D eigenvalue weighted by Crippen LogP contribution is 2.23. The largest absolute Gasteiger partial charge is 0.456 e. The smallest absolute Gasteiger partial charge is 0.251 e. The van der Waals surface area contributed by atoms with Crippen molar-refractivity contribution in [3.8, 4) is 11.3 Å². The molecule has 1 unspecified atom stereocenters. The minimum atomic E-state index is -0.150. The standard InChI is InChI=1S/C25H21NO3/c1-16-8-13-23-21(14-16)22(27)15-24(29-23)19-9-11-20(12-10-19)25(28)26-17(2)18-6-4-3-5-7-18/h3-15,17H,1-2H3,(H,26,28). The second-order valence-corrected chi connectivity index (χ2v) is 7.16. The third-order valence-corrected chi connectivity index (χ3v) is 4.96. The summed E-state index contributed by atoms with van der Waals surface area (Å²) in [5.74, 6) is 0.333. The van der Waals surface area contributed by atoms with Gasteiger partial charge < -0.3 is 9.73 Å². The van der Waals surface area contributed by atoms with Gasteiger partial charge in [0.05, 0.1) is 11.4 Å². The SMILES string of the molecule is Cc1ccc2oc(-c3ccc(C(=O)NC(C)c4ccccc4)cc3)cc(=O)c2c1. The molecular weight excluding hydrogens is 362 g/mol. The topological polar surface area (TPSA) is 59.3 Å². The summed E-state index contributed by atoms with van der Waals surface area (Å²) >= 11 is 0. The third kappa shape index (κ3) is 3.97. The Hall–Kier alpha value is -3.66. The van der Waals surface area contributed by atoms with Crippen LogP contribution in [0.15, 0.2) is 88.1 Å². The van der Waals surface area contributed by atoms with Gasteiger partial charge in [0.2, 0.25) is 0 Å². The van der Waals surface area contributed by atoms with Gasteiger partial charge in [-0.15, -0.1) is 0 Å². The van der Waals surface area contributed by atoms with Gasteiger partial charge in [0.15, 0.2) is 5.43 Å². The van der Waals surface area contributed by atoms with Crippen LogP contribution < -0.4 is 10.7 Å². The molecule has 3 aromatic carbocycles. The first kappa shape index (κ1) is 18.7. The molecule has 0 aliphatic heterocycles. The fourth-order valence-corrected chi connectivity index (χ4v) is 3.30. The first-order valence-electron chi connectivity index (χ1n) is 9.52. The molecule has 4 rings (SSSR count). The lowest BCUT2D eigenvalue weighted by Gasteiger charge is -2.14. The molecule has 0 aliphatic rings. The van der Waals surface area contributed by atoms with Crippen LogP contribution in [0, 0.1) is 6.92 Å². The minimum absolute atomic E-state index is 0.0801. The lowest BCUT2D eigenvalue weighted by molar-refractivity contribution is 0.0940. The number of rotatable bonds is 4. The normalized spacial score (nSPS) is 11.9. The van der Waals surface area contributed by atoms with E-state index in [2.05, 4.69) is 5.32 Å². The van der Waals surface area contributed by atoms with E-state index in [1.54, 1.807) is 24.3 Å². The number of hydrogen-bond donors (Lipinski definition) is 1. The molecule has 4 aromatic rings. The molecule has 0 aliphatic carbocycles. The molecule has 1 atom stereocenters. The summed E-state index contributed by atoms with van der Waals surface area (Å²) < 4.78 is 5.91. The van der Waals surface area contributed by atoms with E-state index in [4.69, 9.17) is 4.42 Å². The molecule has 1 amide bonds. The zero-order valence-electron chi connectivity index (χ0n) is 16.3. The molecule has 4 nitrogen and oxygen atoms in total. The number of fused-ring (bicyclic) bond motifs is 1. The lowest BCUT2D eigenvalue weighted by atomic mass is 10.1. The van der Waals surface area contributed by atoms with Crippen molar-refractivity contribution < 1.29 is 9.21 Å². The summed E-state index contributed by atoms with van der Waals surface area (Å²) in [7, 11) is 0. The van der Waals surface area contributed by atoms with Crippen LogP contribution in [0.5, 0.6) is 0 Å². The van der Waals surface area contributed by atoms with Gasteiger partial charge >= 0.3 is 0 Å². The maximum atomic E-state index is 12.6. The molecule has 0 spiro atoms. The van der Waals surface area contributed by atoms with Crippen molar-refractivity contribution in [2.45, 2.75) is 19.9 Å².